The topological polar surface area (TPSA) is 58.2 Å². The predicted octanol–water partition coefficient (Wildman–Crippen LogP) is 0.711. The van der Waals surface area contributed by atoms with E-state index in [0.29, 0.717) is 18.8 Å². The normalized spacial score (nSPS) is 22.8. The molecule has 1 saturated heterocycles. The maximum Gasteiger partial charge on any atom is 0.254 e. The van der Waals surface area contributed by atoms with Crippen LogP contribution in [0.2, 0.25) is 0 Å². The quantitative estimate of drug-likeness (QED) is 0.679. The number of amides is 2. The van der Waals surface area contributed by atoms with Gasteiger partial charge in [0, 0.05) is 0 Å². The van der Waals surface area contributed by atoms with Crippen molar-refractivity contribution in [3.8, 4) is 0 Å². The van der Waals surface area contributed by atoms with Gasteiger partial charge in [0.2, 0.25) is 0 Å². The summed E-state index contributed by atoms with van der Waals surface area (Å²) in [5, 5.41) is 0. The molecule has 1 saturated carbocycles. The lowest BCUT2D eigenvalue weighted by molar-refractivity contribution is -0.142. The van der Waals surface area contributed by atoms with E-state index in [1.165, 1.54) is 5.56 Å². The summed E-state index contributed by atoms with van der Waals surface area (Å²) in [4.78, 5) is 23.1. The predicted molar refractivity (Wildman–Crippen MR) is 57.1 cm³/mol. The van der Waals surface area contributed by atoms with E-state index < -0.39 is 5.41 Å². The molecule has 2 fully saturated rings. The first kappa shape index (κ1) is 9.39. The van der Waals surface area contributed by atoms with Crippen molar-refractivity contribution in [3.63, 3.8) is 0 Å². The lowest BCUT2D eigenvalue weighted by atomic mass is 9.59. The van der Waals surface area contributed by atoms with E-state index in [4.69, 9.17) is 0 Å². The van der Waals surface area contributed by atoms with Gasteiger partial charge in [0.05, 0.1) is 0 Å². The highest BCUT2D eigenvalue weighted by Gasteiger charge is 2.59. The summed E-state index contributed by atoms with van der Waals surface area (Å²) < 4.78 is 0. The number of hydrazine groups is 1. The molecular formula is C12H12N2O2. The van der Waals surface area contributed by atoms with Crippen molar-refractivity contribution >= 4 is 11.8 Å². The molecule has 2 amide bonds. The van der Waals surface area contributed by atoms with Gasteiger partial charge in [-0.15, -0.1) is 0 Å². The Hall–Kier alpha value is -1.84. The molecule has 0 bridgehead atoms. The molecule has 3 rings (SSSR count). The molecule has 4 heteroatoms. The highest BCUT2D eigenvalue weighted by molar-refractivity contribution is 6.10. The third-order valence-electron chi connectivity index (χ3n) is 3.62. The summed E-state index contributed by atoms with van der Waals surface area (Å²) in [5.74, 6) is -0.0230. The molecule has 2 N–H and O–H groups in total. The summed E-state index contributed by atoms with van der Waals surface area (Å²) in [6.45, 7) is 0. The van der Waals surface area contributed by atoms with Crippen LogP contribution in [0.1, 0.15) is 24.3 Å². The Kier molecular flexibility index (Phi) is 1.80. The first-order valence-electron chi connectivity index (χ1n) is 5.38. The van der Waals surface area contributed by atoms with Crippen LogP contribution in [0.25, 0.3) is 0 Å². The average molecular weight is 216 g/mol. The molecule has 4 nitrogen and oxygen atoms in total. The van der Waals surface area contributed by atoms with Crippen molar-refractivity contribution in [2.24, 2.45) is 5.41 Å². The second-order valence-electron chi connectivity index (χ2n) is 4.51. The van der Waals surface area contributed by atoms with Crippen LogP contribution >= 0.6 is 0 Å². The number of benzene rings is 1. The smallest absolute Gasteiger partial charge is 0.254 e. The van der Waals surface area contributed by atoms with Crippen LogP contribution < -0.4 is 10.9 Å². The Labute approximate surface area is 93.0 Å². The van der Waals surface area contributed by atoms with Crippen LogP contribution in [0.15, 0.2) is 30.3 Å². The fourth-order valence-electron chi connectivity index (χ4n) is 2.57. The summed E-state index contributed by atoms with van der Waals surface area (Å²) in [6.07, 6.45) is 1.24. The summed E-state index contributed by atoms with van der Waals surface area (Å²) in [7, 11) is 0. The molecule has 1 aromatic carbocycles. The van der Waals surface area contributed by atoms with Gasteiger partial charge >= 0.3 is 0 Å². The molecule has 0 atom stereocenters. The average Bonchev–Trinajstić information content (AvgIpc) is 2.54. The first-order chi connectivity index (χ1) is 7.72. The minimum atomic E-state index is -0.791. The molecule has 1 aliphatic carbocycles. The van der Waals surface area contributed by atoms with Gasteiger partial charge in [-0.05, 0) is 24.3 Å². The number of hydrogen-bond donors (Lipinski definition) is 2. The van der Waals surface area contributed by atoms with Gasteiger partial charge in [0.15, 0.2) is 0 Å². The van der Waals surface area contributed by atoms with Gasteiger partial charge in [0.25, 0.3) is 11.8 Å². The van der Waals surface area contributed by atoms with E-state index in [0.717, 1.165) is 0 Å². The van der Waals surface area contributed by atoms with E-state index in [1.54, 1.807) is 0 Å². The molecule has 2 aliphatic rings. The molecule has 0 radical (unpaired) electrons. The van der Waals surface area contributed by atoms with Crippen LogP contribution in [-0.4, -0.2) is 11.8 Å². The van der Waals surface area contributed by atoms with Gasteiger partial charge in [0.1, 0.15) is 5.41 Å². The summed E-state index contributed by atoms with van der Waals surface area (Å²) in [6, 6.07) is 10.0. The Morgan fingerprint density at radius 2 is 1.56 bits per heavy atom. The molecule has 1 spiro atoms. The van der Waals surface area contributed by atoms with Crippen LogP contribution in [0.3, 0.4) is 0 Å². The minimum Gasteiger partial charge on any atom is -0.272 e. The molecule has 82 valence electrons. The second-order valence-corrected chi connectivity index (χ2v) is 4.51. The largest absolute Gasteiger partial charge is 0.272 e. The molecule has 0 unspecified atom stereocenters. The van der Waals surface area contributed by atoms with E-state index >= 15 is 0 Å². The number of rotatable bonds is 1. The maximum atomic E-state index is 11.6. The van der Waals surface area contributed by atoms with Crippen molar-refractivity contribution in [3.05, 3.63) is 35.9 Å². The van der Waals surface area contributed by atoms with E-state index in [1.807, 2.05) is 30.3 Å². The SMILES string of the molecule is O=C1NNC(=O)C12CC(c1ccccc1)C2. The molecule has 16 heavy (non-hydrogen) atoms. The fraction of sp³-hybridized carbons (Fsp3) is 0.333. The van der Waals surface area contributed by atoms with Gasteiger partial charge in [-0.3, -0.25) is 20.4 Å². The second kappa shape index (κ2) is 3.07. The number of carbonyl (C=O) groups excluding carboxylic acids is 2. The lowest BCUT2D eigenvalue weighted by Crippen LogP contribution is -2.46. The highest BCUT2D eigenvalue weighted by atomic mass is 16.2. The van der Waals surface area contributed by atoms with Crippen molar-refractivity contribution in [2.45, 2.75) is 18.8 Å². The Morgan fingerprint density at radius 3 is 2.12 bits per heavy atom. The first-order valence-corrected chi connectivity index (χ1v) is 5.38. The standard InChI is InChI=1S/C12H12N2O2/c15-10-12(11(16)14-13-10)6-9(7-12)8-4-2-1-3-5-8/h1-5,9H,6-7H2,(H,13,15)(H,14,16). The Morgan fingerprint density at radius 1 is 1.00 bits per heavy atom. The van der Waals surface area contributed by atoms with E-state index in [9.17, 15) is 9.59 Å². The van der Waals surface area contributed by atoms with Crippen molar-refractivity contribution in [1.29, 1.82) is 0 Å². The molecule has 1 aliphatic heterocycles. The summed E-state index contributed by atoms with van der Waals surface area (Å²) in [5.41, 5.74) is 5.21. The molecule has 0 aromatic heterocycles. The number of carbonyl (C=O) groups is 2. The van der Waals surface area contributed by atoms with Crippen LogP contribution in [0, 0.1) is 5.41 Å². The maximum absolute atomic E-state index is 11.6. The zero-order valence-corrected chi connectivity index (χ0v) is 8.69. The van der Waals surface area contributed by atoms with Crippen molar-refractivity contribution in [2.75, 3.05) is 0 Å². The summed E-state index contributed by atoms with van der Waals surface area (Å²) >= 11 is 0. The highest BCUT2D eigenvalue weighted by Crippen LogP contribution is 2.52. The van der Waals surface area contributed by atoms with Crippen LogP contribution in [-0.2, 0) is 9.59 Å². The number of nitrogens with one attached hydrogen (secondary N) is 2. The van der Waals surface area contributed by atoms with Gasteiger partial charge < -0.3 is 0 Å². The van der Waals surface area contributed by atoms with Crippen LogP contribution in [0.5, 0.6) is 0 Å². The molecular weight excluding hydrogens is 204 g/mol. The minimum absolute atomic E-state index is 0.176. The van der Waals surface area contributed by atoms with Crippen LogP contribution in [0.4, 0.5) is 0 Å². The fourth-order valence-corrected chi connectivity index (χ4v) is 2.57. The zero-order chi connectivity index (χ0) is 11.2. The van der Waals surface area contributed by atoms with Crippen molar-refractivity contribution in [1.82, 2.24) is 10.9 Å². The third kappa shape index (κ3) is 1.10. The van der Waals surface area contributed by atoms with Crippen molar-refractivity contribution < 1.29 is 9.59 Å². The zero-order valence-electron chi connectivity index (χ0n) is 8.69. The van der Waals surface area contributed by atoms with Gasteiger partial charge in [-0.1, -0.05) is 30.3 Å². The van der Waals surface area contributed by atoms with E-state index in [-0.39, 0.29) is 11.8 Å². The number of hydrogen-bond acceptors (Lipinski definition) is 2. The van der Waals surface area contributed by atoms with E-state index in [2.05, 4.69) is 10.9 Å². The molecule has 1 heterocycles. The molecule has 1 aromatic rings. The van der Waals surface area contributed by atoms with Gasteiger partial charge in [-0.2, -0.15) is 0 Å². The lowest BCUT2D eigenvalue weighted by Gasteiger charge is -2.40. The Balaban J connectivity index is 1.80. The Bertz CT molecular complexity index is 431. The monoisotopic (exact) mass is 216 g/mol. The van der Waals surface area contributed by atoms with Gasteiger partial charge in [-0.25, -0.2) is 0 Å². The third-order valence-corrected chi connectivity index (χ3v) is 3.62.